The van der Waals surface area contributed by atoms with Gasteiger partial charge >= 0.3 is 0 Å². The standard InChI is InChI=1S/C39H24N4/c40-25-26-15-17-27(18-16-26)28-19-20-33(30-10-2-1-9-29(28)30)34-21-22-35(32-12-4-3-11-31(32)34)39-38(36-13-5-7-23-41-36)42-37-14-6-8-24-43(37)39/h1-24H. The van der Waals surface area contributed by atoms with Crippen LogP contribution in [0.15, 0.2) is 146 Å². The molecule has 8 rings (SSSR count). The van der Waals surface area contributed by atoms with Crippen LogP contribution in [0.1, 0.15) is 5.56 Å². The number of aromatic nitrogens is 3. The van der Waals surface area contributed by atoms with Crippen LogP contribution < -0.4 is 0 Å². The molecule has 0 saturated heterocycles. The largest absolute Gasteiger partial charge is 0.299 e. The van der Waals surface area contributed by atoms with Crippen LogP contribution >= 0.6 is 0 Å². The molecule has 4 nitrogen and oxygen atoms in total. The van der Waals surface area contributed by atoms with E-state index in [1.54, 1.807) is 0 Å². The monoisotopic (exact) mass is 548 g/mol. The van der Waals surface area contributed by atoms with E-state index in [1.807, 2.05) is 66.9 Å². The van der Waals surface area contributed by atoms with E-state index in [2.05, 4.69) is 94.4 Å². The van der Waals surface area contributed by atoms with E-state index < -0.39 is 0 Å². The van der Waals surface area contributed by atoms with Crippen LogP contribution in [0.5, 0.6) is 0 Å². The molecule has 4 heteroatoms. The molecule has 3 aromatic heterocycles. The summed E-state index contributed by atoms with van der Waals surface area (Å²) in [5.74, 6) is 0. The number of rotatable bonds is 4. The minimum Gasteiger partial charge on any atom is -0.299 e. The van der Waals surface area contributed by atoms with Gasteiger partial charge in [-0.3, -0.25) is 9.38 Å². The Morgan fingerprint density at radius 1 is 0.535 bits per heavy atom. The molecule has 0 aliphatic heterocycles. The van der Waals surface area contributed by atoms with Gasteiger partial charge in [-0.25, -0.2) is 4.98 Å². The van der Waals surface area contributed by atoms with Crippen molar-refractivity contribution in [1.29, 1.82) is 5.26 Å². The summed E-state index contributed by atoms with van der Waals surface area (Å²) in [7, 11) is 0. The average molecular weight is 549 g/mol. The number of nitriles is 1. The smallest absolute Gasteiger partial charge is 0.138 e. The quantitative estimate of drug-likeness (QED) is 0.220. The maximum Gasteiger partial charge on any atom is 0.138 e. The highest BCUT2D eigenvalue weighted by Crippen LogP contribution is 2.42. The van der Waals surface area contributed by atoms with Crippen LogP contribution in [-0.2, 0) is 0 Å². The highest BCUT2D eigenvalue weighted by atomic mass is 15.0. The molecule has 0 amide bonds. The van der Waals surface area contributed by atoms with Crippen LogP contribution in [0.3, 0.4) is 0 Å². The fraction of sp³-hybridized carbons (Fsp3) is 0. The Morgan fingerprint density at radius 2 is 1.12 bits per heavy atom. The lowest BCUT2D eigenvalue weighted by Crippen LogP contribution is -1.93. The van der Waals surface area contributed by atoms with Crippen molar-refractivity contribution in [3.8, 4) is 51.0 Å². The maximum atomic E-state index is 9.27. The molecular formula is C39H24N4. The average Bonchev–Trinajstić information content (AvgIpc) is 3.47. The highest BCUT2D eigenvalue weighted by Gasteiger charge is 2.20. The van der Waals surface area contributed by atoms with E-state index in [9.17, 15) is 5.26 Å². The Labute approximate surface area is 248 Å². The first-order valence-electron chi connectivity index (χ1n) is 14.2. The number of hydrogen-bond donors (Lipinski definition) is 0. The van der Waals surface area contributed by atoms with Gasteiger partial charge in [0.2, 0.25) is 0 Å². The molecule has 0 atom stereocenters. The van der Waals surface area contributed by atoms with Crippen LogP contribution in [0.25, 0.3) is 72.1 Å². The maximum absolute atomic E-state index is 9.27. The van der Waals surface area contributed by atoms with Gasteiger partial charge in [-0.2, -0.15) is 5.26 Å². The summed E-state index contributed by atoms with van der Waals surface area (Å²) in [5.41, 5.74) is 9.99. The molecule has 200 valence electrons. The second-order valence-corrected chi connectivity index (χ2v) is 10.6. The van der Waals surface area contributed by atoms with Gasteiger partial charge < -0.3 is 0 Å². The first kappa shape index (κ1) is 24.7. The molecule has 0 unspecified atom stereocenters. The third-order valence-electron chi connectivity index (χ3n) is 8.16. The summed E-state index contributed by atoms with van der Waals surface area (Å²) < 4.78 is 2.16. The Bertz CT molecular complexity index is 2340. The predicted octanol–water partition coefficient (Wildman–Crippen LogP) is 9.58. The van der Waals surface area contributed by atoms with Gasteiger partial charge in [0.15, 0.2) is 0 Å². The fourth-order valence-corrected chi connectivity index (χ4v) is 6.19. The van der Waals surface area contributed by atoms with Crippen molar-refractivity contribution in [2.75, 3.05) is 0 Å². The minimum absolute atomic E-state index is 0.661. The van der Waals surface area contributed by atoms with E-state index in [4.69, 9.17) is 4.98 Å². The summed E-state index contributed by atoms with van der Waals surface area (Å²) in [6.45, 7) is 0. The number of nitrogens with zero attached hydrogens (tertiary/aromatic N) is 4. The van der Waals surface area contributed by atoms with Crippen molar-refractivity contribution in [1.82, 2.24) is 14.4 Å². The summed E-state index contributed by atoms with van der Waals surface area (Å²) in [4.78, 5) is 9.68. The molecule has 0 radical (unpaired) electrons. The second kappa shape index (κ2) is 10.1. The molecule has 0 fully saturated rings. The summed E-state index contributed by atoms with van der Waals surface area (Å²) in [6, 6.07) is 48.2. The highest BCUT2D eigenvalue weighted by molar-refractivity contribution is 6.12. The van der Waals surface area contributed by atoms with Gasteiger partial charge in [-0.1, -0.05) is 97.1 Å². The van der Waals surface area contributed by atoms with E-state index in [-0.39, 0.29) is 0 Å². The molecule has 0 saturated carbocycles. The lowest BCUT2D eigenvalue weighted by molar-refractivity contribution is 1.19. The lowest BCUT2D eigenvalue weighted by Gasteiger charge is -2.16. The van der Waals surface area contributed by atoms with Gasteiger partial charge in [-0.15, -0.1) is 0 Å². The first-order valence-corrected chi connectivity index (χ1v) is 14.2. The Morgan fingerprint density at radius 3 is 1.77 bits per heavy atom. The number of benzene rings is 5. The van der Waals surface area contributed by atoms with Crippen LogP contribution in [-0.4, -0.2) is 14.4 Å². The van der Waals surface area contributed by atoms with Crippen molar-refractivity contribution in [2.45, 2.75) is 0 Å². The van der Waals surface area contributed by atoms with E-state index in [0.29, 0.717) is 5.56 Å². The molecule has 43 heavy (non-hydrogen) atoms. The molecule has 0 spiro atoms. The number of pyridine rings is 2. The summed E-state index contributed by atoms with van der Waals surface area (Å²) in [6.07, 6.45) is 3.89. The topological polar surface area (TPSA) is 54.0 Å². The predicted molar refractivity (Wildman–Crippen MR) is 174 cm³/mol. The van der Waals surface area contributed by atoms with Crippen LogP contribution in [0, 0.1) is 11.3 Å². The van der Waals surface area contributed by atoms with Gasteiger partial charge in [0.1, 0.15) is 11.3 Å². The molecule has 8 aromatic rings. The van der Waals surface area contributed by atoms with E-state index in [0.717, 1.165) is 44.8 Å². The number of imidazole rings is 1. The SMILES string of the molecule is N#Cc1ccc(-c2ccc(-c3ccc(-c4c(-c5ccccn5)nc5ccccn45)c4ccccc34)c3ccccc23)cc1. The van der Waals surface area contributed by atoms with Crippen molar-refractivity contribution in [3.05, 3.63) is 151 Å². The zero-order valence-corrected chi connectivity index (χ0v) is 23.1. The lowest BCUT2D eigenvalue weighted by atomic mass is 9.88. The van der Waals surface area contributed by atoms with Crippen LogP contribution in [0.2, 0.25) is 0 Å². The van der Waals surface area contributed by atoms with Gasteiger partial charge in [0.25, 0.3) is 0 Å². The normalized spacial score (nSPS) is 11.2. The number of fused-ring (bicyclic) bond motifs is 3. The zero-order valence-electron chi connectivity index (χ0n) is 23.1. The molecule has 0 aliphatic carbocycles. The number of hydrogen-bond acceptors (Lipinski definition) is 3. The van der Waals surface area contributed by atoms with Crippen molar-refractivity contribution >= 4 is 27.2 Å². The molecule has 3 heterocycles. The van der Waals surface area contributed by atoms with Gasteiger partial charge in [-0.05, 0) is 80.2 Å². The molecular weight excluding hydrogens is 524 g/mol. The Kier molecular flexibility index (Phi) is 5.80. The van der Waals surface area contributed by atoms with Gasteiger partial charge in [0, 0.05) is 18.0 Å². The fourth-order valence-electron chi connectivity index (χ4n) is 6.19. The second-order valence-electron chi connectivity index (χ2n) is 10.6. The Balaban J connectivity index is 1.36. The summed E-state index contributed by atoms with van der Waals surface area (Å²) in [5, 5.41) is 14.0. The zero-order chi connectivity index (χ0) is 28.8. The van der Waals surface area contributed by atoms with E-state index in [1.165, 1.54) is 27.3 Å². The van der Waals surface area contributed by atoms with E-state index >= 15 is 0 Å². The van der Waals surface area contributed by atoms with Gasteiger partial charge in [0.05, 0.1) is 23.0 Å². The molecule has 0 bridgehead atoms. The third-order valence-corrected chi connectivity index (χ3v) is 8.16. The van der Waals surface area contributed by atoms with Crippen molar-refractivity contribution in [3.63, 3.8) is 0 Å². The van der Waals surface area contributed by atoms with Crippen molar-refractivity contribution in [2.24, 2.45) is 0 Å². The third kappa shape index (κ3) is 4.07. The molecule has 0 N–H and O–H groups in total. The Hall–Kier alpha value is -6.05. The molecule has 5 aromatic carbocycles. The van der Waals surface area contributed by atoms with Crippen molar-refractivity contribution < 1.29 is 0 Å². The minimum atomic E-state index is 0.661. The molecule has 0 aliphatic rings. The first-order chi connectivity index (χ1) is 21.3. The summed E-state index contributed by atoms with van der Waals surface area (Å²) >= 11 is 0. The van der Waals surface area contributed by atoms with Crippen LogP contribution in [0.4, 0.5) is 0 Å².